The van der Waals surface area contributed by atoms with Crippen molar-refractivity contribution in [2.24, 2.45) is 11.3 Å². The fourth-order valence-electron chi connectivity index (χ4n) is 6.57. The summed E-state index contributed by atoms with van der Waals surface area (Å²) in [6.45, 7) is 4.63. The van der Waals surface area contributed by atoms with Crippen LogP contribution in [0.4, 0.5) is 11.5 Å². The van der Waals surface area contributed by atoms with Crippen LogP contribution in [0.1, 0.15) is 99.3 Å². The minimum Gasteiger partial charge on any atom is -0.481 e. The number of nitrogens with zero attached hydrogens (tertiary/aromatic N) is 4. The van der Waals surface area contributed by atoms with E-state index in [-0.39, 0.29) is 17.1 Å². The highest BCUT2D eigenvalue weighted by molar-refractivity contribution is 6.11. The lowest BCUT2D eigenvalue weighted by Gasteiger charge is -2.44. The number of aromatic nitrogens is 3. The molecule has 2 saturated carbocycles. The predicted octanol–water partition coefficient (Wildman–Crippen LogP) is 4.70. The predicted molar refractivity (Wildman–Crippen MR) is 133 cm³/mol. The van der Waals surface area contributed by atoms with Gasteiger partial charge < -0.3 is 15.7 Å². The summed E-state index contributed by atoms with van der Waals surface area (Å²) in [5.41, 5.74) is 9.06. The van der Waals surface area contributed by atoms with Crippen molar-refractivity contribution in [2.75, 3.05) is 17.2 Å². The number of rotatable bonds is 4. The van der Waals surface area contributed by atoms with E-state index >= 15 is 0 Å². The van der Waals surface area contributed by atoms with Gasteiger partial charge in [0.1, 0.15) is 17.7 Å². The SMILES string of the molecule is CC1(C)CN(c2ccc(C3CCC4(CCC(CC(=O)O)CC4)CC3)nc2)C(=O)c2c(N)ncnc21. The van der Waals surface area contributed by atoms with Gasteiger partial charge in [-0.3, -0.25) is 14.6 Å². The smallest absolute Gasteiger partial charge is 0.303 e. The second-order valence-electron chi connectivity index (χ2n) is 11.5. The van der Waals surface area contributed by atoms with Crippen molar-refractivity contribution in [3.8, 4) is 0 Å². The van der Waals surface area contributed by atoms with Crippen molar-refractivity contribution in [2.45, 2.75) is 83.0 Å². The van der Waals surface area contributed by atoms with Gasteiger partial charge in [0.15, 0.2) is 0 Å². The van der Waals surface area contributed by atoms with E-state index in [2.05, 4.69) is 29.9 Å². The van der Waals surface area contributed by atoms with E-state index in [0.717, 1.165) is 49.9 Å². The summed E-state index contributed by atoms with van der Waals surface area (Å²) in [6, 6.07) is 4.07. The third-order valence-electron chi connectivity index (χ3n) is 8.71. The molecule has 3 aliphatic rings. The van der Waals surface area contributed by atoms with Gasteiger partial charge >= 0.3 is 5.97 Å². The fourth-order valence-corrected chi connectivity index (χ4v) is 6.57. The Balaban J connectivity index is 1.25. The van der Waals surface area contributed by atoms with E-state index in [9.17, 15) is 9.59 Å². The third kappa shape index (κ3) is 4.50. The zero-order valence-electron chi connectivity index (χ0n) is 20.7. The molecule has 186 valence electrons. The minimum atomic E-state index is -0.667. The quantitative estimate of drug-likeness (QED) is 0.654. The summed E-state index contributed by atoms with van der Waals surface area (Å²) in [7, 11) is 0. The molecule has 0 unspecified atom stereocenters. The van der Waals surface area contributed by atoms with Gasteiger partial charge in [-0.15, -0.1) is 0 Å². The second-order valence-corrected chi connectivity index (χ2v) is 11.5. The minimum absolute atomic E-state index is 0.176. The van der Waals surface area contributed by atoms with Crippen LogP contribution in [-0.4, -0.2) is 38.5 Å². The van der Waals surface area contributed by atoms with Gasteiger partial charge in [-0.05, 0) is 74.8 Å². The van der Waals surface area contributed by atoms with E-state index in [4.69, 9.17) is 15.8 Å². The highest BCUT2D eigenvalue weighted by atomic mass is 16.4. The summed E-state index contributed by atoms with van der Waals surface area (Å²) in [6.07, 6.45) is 12.6. The van der Waals surface area contributed by atoms with Gasteiger partial charge in [0, 0.05) is 30.0 Å². The fraction of sp³-hybridized carbons (Fsp3) is 0.593. The maximum Gasteiger partial charge on any atom is 0.303 e. The molecule has 0 atom stereocenters. The van der Waals surface area contributed by atoms with Crippen LogP contribution in [0.3, 0.4) is 0 Å². The average Bonchev–Trinajstić information content (AvgIpc) is 2.83. The molecular weight excluding hydrogens is 442 g/mol. The van der Waals surface area contributed by atoms with Gasteiger partial charge in [0.2, 0.25) is 0 Å². The number of amides is 1. The zero-order chi connectivity index (χ0) is 24.8. The van der Waals surface area contributed by atoms with Crippen LogP contribution in [-0.2, 0) is 10.2 Å². The molecule has 1 spiro atoms. The molecule has 0 saturated heterocycles. The molecule has 2 aliphatic carbocycles. The second kappa shape index (κ2) is 8.88. The van der Waals surface area contributed by atoms with Gasteiger partial charge in [-0.1, -0.05) is 13.8 Å². The Hall–Kier alpha value is -3.03. The van der Waals surface area contributed by atoms with Crippen LogP contribution in [0, 0.1) is 11.3 Å². The van der Waals surface area contributed by atoms with Crippen molar-refractivity contribution in [1.82, 2.24) is 15.0 Å². The molecule has 2 fully saturated rings. The van der Waals surface area contributed by atoms with Crippen molar-refractivity contribution in [3.05, 3.63) is 41.6 Å². The van der Waals surface area contributed by atoms with Crippen molar-refractivity contribution < 1.29 is 14.7 Å². The first-order valence-corrected chi connectivity index (χ1v) is 12.8. The Bertz CT molecular complexity index is 1110. The third-order valence-corrected chi connectivity index (χ3v) is 8.71. The number of anilines is 2. The number of aliphatic carboxylic acids is 1. The van der Waals surface area contributed by atoms with Crippen molar-refractivity contribution in [3.63, 3.8) is 0 Å². The van der Waals surface area contributed by atoms with Crippen LogP contribution in [0.25, 0.3) is 0 Å². The molecule has 0 aromatic carbocycles. The van der Waals surface area contributed by atoms with E-state index in [0.29, 0.717) is 41.5 Å². The molecule has 2 aromatic heterocycles. The highest BCUT2D eigenvalue weighted by Crippen LogP contribution is 2.52. The standard InChI is InChI=1S/C27H35N5O3/c1-26(2)15-32(25(35)22-23(26)30-16-31-24(22)28)19-3-4-20(29-14-19)18-7-11-27(12-8-18)9-5-17(6-10-27)13-21(33)34/h3-4,14,16-18H,5-13,15H2,1-2H3,(H,33,34)(H2,28,30,31). The van der Waals surface area contributed by atoms with E-state index in [1.807, 2.05) is 12.3 Å². The first kappa shape index (κ1) is 23.7. The van der Waals surface area contributed by atoms with Gasteiger partial charge in [-0.2, -0.15) is 0 Å². The number of hydrogen-bond donors (Lipinski definition) is 2. The number of nitrogens with two attached hydrogens (primary N) is 1. The van der Waals surface area contributed by atoms with Gasteiger partial charge in [-0.25, -0.2) is 9.97 Å². The van der Waals surface area contributed by atoms with E-state index in [1.54, 1.807) is 4.90 Å². The highest BCUT2D eigenvalue weighted by Gasteiger charge is 2.41. The summed E-state index contributed by atoms with van der Waals surface area (Å²) >= 11 is 0. The topological polar surface area (TPSA) is 122 Å². The number of fused-ring (bicyclic) bond motifs is 1. The number of carbonyl (C=O) groups is 2. The summed E-state index contributed by atoms with van der Waals surface area (Å²) in [5.74, 6) is 0.159. The lowest BCUT2D eigenvalue weighted by atomic mass is 9.61. The van der Waals surface area contributed by atoms with Gasteiger partial charge in [0.05, 0.1) is 17.6 Å². The Morgan fingerprint density at radius 3 is 2.40 bits per heavy atom. The van der Waals surface area contributed by atoms with Crippen LogP contribution in [0.5, 0.6) is 0 Å². The first-order valence-electron chi connectivity index (χ1n) is 12.8. The molecule has 8 heteroatoms. The van der Waals surface area contributed by atoms with E-state index in [1.165, 1.54) is 19.2 Å². The molecule has 1 aliphatic heterocycles. The first-order chi connectivity index (χ1) is 16.7. The largest absolute Gasteiger partial charge is 0.481 e. The molecule has 0 radical (unpaired) electrons. The number of carboxylic acid groups (broad SMARTS) is 1. The molecule has 1 amide bonds. The molecule has 2 aromatic rings. The Kier molecular flexibility index (Phi) is 6.01. The number of pyridine rings is 1. The van der Waals surface area contributed by atoms with Crippen molar-refractivity contribution >= 4 is 23.4 Å². The summed E-state index contributed by atoms with van der Waals surface area (Å²) in [5, 5.41) is 9.09. The Morgan fingerprint density at radius 1 is 1.09 bits per heavy atom. The lowest BCUT2D eigenvalue weighted by molar-refractivity contribution is -0.138. The van der Waals surface area contributed by atoms with Crippen LogP contribution in [0.15, 0.2) is 24.7 Å². The van der Waals surface area contributed by atoms with Crippen LogP contribution < -0.4 is 10.6 Å². The van der Waals surface area contributed by atoms with Crippen LogP contribution >= 0.6 is 0 Å². The summed E-state index contributed by atoms with van der Waals surface area (Å²) in [4.78, 5) is 39.2. The normalized spacial score (nSPS) is 28.1. The maximum atomic E-state index is 13.3. The van der Waals surface area contributed by atoms with E-state index < -0.39 is 5.97 Å². The lowest BCUT2D eigenvalue weighted by Crippen LogP contribution is -2.48. The van der Waals surface area contributed by atoms with Gasteiger partial charge in [0.25, 0.3) is 5.91 Å². The number of nitrogen functional groups attached to an aromatic ring is 1. The molecule has 0 bridgehead atoms. The Morgan fingerprint density at radius 2 is 1.77 bits per heavy atom. The molecule has 3 N–H and O–H groups in total. The van der Waals surface area contributed by atoms with Crippen molar-refractivity contribution in [1.29, 1.82) is 0 Å². The number of carbonyl (C=O) groups excluding carboxylic acids is 1. The maximum absolute atomic E-state index is 13.3. The average molecular weight is 478 g/mol. The Labute approximate surface area is 206 Å². The monoisotopic (exact) mass is 477 g/mol. The molecule has 5 rings (SSSR count). The van der Waals surface area contributed by atoms with Crippen LogP contribution in [0.2, 0.25) is 0 Å². The molecule has 35 heavy (non-hydrogen) atoms. The molecule has 3 heterocycles. The number of carboxylic acids is 1. The summed E-state index contributed by atoms with van der Waals surface area (Å²) < 4.78 is 0. The number of hydrogen-bond acceptors (Lipinski definition) is 6. The zero-order valence-corrected chi connectivity index (χ0v) is 20.7. The molecular formula is C27H35N5O3. The molecule has 8 nitrogen and oxygen atoms in total.